The Hall–Kier alpha value is -0.700. The topological polar surface area (TPSA) is 52.0 Å². The van der Waals surface area contributed by atoms with E-state index in [2.05, 4.69) is 12.1 Å². The van der Waals surface area contributed by atoms with Crippen molar-refractivity contribution in [3.63, 3.8) is 0 Å². The van der Waals surface area contributed by atoms with Gasteiger partial charge in [0.15, 0.2) is 11.6 Å². The number of unbranched alkanes of at least 4 members (excludes halogenated alkanes) is 8. The summed E-state index contributed by atoms with van der Waals surface area (Å²) in [6.07, 6.45) is 12.7. The minimum Gasteiger partial charge on any atom is -0.380 e. The van der Waals surface area contributed by atoms with E-state index < -0.39 is 0 Å². The molecule has 1 heterocycles. The fraction of sp³-hybridized carbons (Fsp3) is 0.786. The molecule has 4 heteroatoms. The monoisotopic (exact) mass is 272 g/mol. The number of rotatable bonds is 10. The Bertz CT molecular complexity index is 326. The van der Waals surface area contributed by atoms with Crippen LogP contribution in [0.4, 0.5) is 5.82 Å². The molecule has 0 spiro atoms. The van der Waals surface area contributed by atoms with E-state index in [-0.39, 0.29) is 0 Å². The molecule has 0 unspecified atom stereocenters. The SMILES string of the molecule is CCCCCCCCCCCc1onc(N)c1Cl. The Morgan fingerprint density at radius 2 is 1.56 bits per heavy atom. The second kappa shape index (κ2) is 9.26. The van der Waals surface area contributed by atoms with Crippen LogP contribution in [-0.2, 0) is 6.42 Å². The van der Waals surface area contributed by atoms with Gasteiger partial charge in [-0.25, -0.2) is 0 Å². The summed E-state index contributed by atoms with van der Waals surface area (Å²) in [7, 11) is 0. The summed E-state index contributed by atoms with van der Waals surface area (Å²) < 4.78 is 5.06. The van der Waals surface area contributed by atoms with Gasteiger partial charge in [0.25, 0.3) is 0 Å². The second-order valence-electron chi connectivity index (χ2n) is 4.88. The van der Waals surface area contributed by atoms with Crippen LogP contribution >= 0.6 is 11.6 Å². The molecule has 0 aliphatic rings. The maximum Gasteiger partial charge on any atom is 0.185 e. The first kappa shape index (κ1) is 15.4. The van der Waals surface area contributed by atoms with Gasteiger partial charge in [0.05, 0.1) is 0 Å². The van der Waals surface area contributed by atoms with Gasteiger partial charge in [0, 0.05) is 6.42 Å². The van der Waals surface area contributed by atoms with Crippen LogP contribution in [-0.4, -0.2) is 5.16 Å². The van der Waals surface area contributed by atoms with Gasteiger partial charge in [-0.3, -0.25) is 0 Å². The molecule has 0 aliphatic heterocycles. The number of aromatic nitrogens is 1. The molecule has 3 nitrogen and oxygen atoms in total. The van der Waals surface area contributed by atoms with Crippen molar-refractivity contribution in [2.45, 2.75) is 71.1 Å². The van der Waals surface area contributed by atoms with E-state index in [0.29, 0.717) is 10.8 Å². The van der Waals surface area contributed by atoms with E-state index in [9.17, 15) is 0 Å². The normalized spacial score (nSPS) is 11.0. The number of halogens is 1. The molecule has 0 saturated carbocycles. The molecule has 18 heavy (non-hydrogen) atoms. The second-order valence-corrected chi connectivity index (χ2v) is 5.26. The van der Waals surface area contributed by atoms with Crippen molar-refractivity contribution in [2.24, 2.45) is 0 Å². The molecule has 0 radical (unpaired) electrons. The number of nitrogens with two attached hydrogens (primary N) is 1. The molecule has 0 amide bonds. The van der Waals surface area contributed by atoms with Gasteiger partial charge in [-0.1, -0.05) is 75.0 Å². The van der Waals surface area contributed by atoms with Crippen LogP contribution in [0.15, 0.2) is 4.52 Å². The van der Waals surface area contributed by atoms with Crippen LogP contribution in [0.2, 0.25) is 5.02 Å². The number of hydrogen-bond acceptors (Lipinski definition) is 3. The summed E-state index contributed by atoms with van der Waals surface area (Å²) in [5.74, 6) is 1.04. The average Bonchev–Trinajstić information content (AvgIpc) is 2.68. The van der Waals surface area contributed by atoms with Crippen molar-refractivity contribution in [2.75, 3.05) is 5.73 Å². The smallest absolute Gasteiger partial charge is 0.185 e. The third kappa shape index (κ3) is 5.76. The van der Waals surface area contributed by atoms with Gasteiger partial charge in [0.1, 0.15) is 5.02 Å². The lowest BCUT2D eigenvalue weighted by atomic mass is 10.1. The first-order chi connectivity index (χ1) is 8.75. The number of anilines is 1. The largest absolute Gasteiger partial charge is 0.380 e. The highest BCUT2D eigenvalue weighted by Gasteiger charge is 2.10. The molecule has 0 saturated heterocycles. The Balaban J connectivity index is 1.94. The minimum absolute atomic E-state index is 0.308. The van der Waals surface area contributed by atoms with Crippen molar-refractivity contribution in [3.8, 4) is 0 Å². The van der Waals surface area contributed by atoms with Crippen molar-refractivity contribution < 1.29 is 4.52 Å². The van der Waals surface area contributed by atoms with Crippen molar-refractivity contribution in [1.82, 2.24) is 5.16 Å². The molecule has 1 aromatic heterocycles. The molecular formula is C14H25ClN2O. The molecule has 1 rings (SSSR count). The Kier molecular flexibility index (Phi) is 7.90. The van der Waals surface area contributed by atoms with Crippen LogP contribution in [0.5, 0.6) is 0 Å². The summed E-state index contributed by atoms with van der Waals surface area (Å²) in [5, 5.41) is 4.14. The summed E-state index contributed by atoms with van der Waals surface area (Å²) in [6.45, 7) is 2.25. The fourth-order valence-electron chi connectivity index (χ4n) is 2.08. The van der Waals surface area contributed by atoms with E-state index >= 15 is 0 Å². The van der Waals surface area contributed by atoms with E-state index in [4.69, 9.17) is 21.9 Å². The van der Waals surface area contributed by atoms with Crippen molar-refractivity contribution >= 4 is 17.4 Å². The zero-order valence-corrected chi connectivity index (χ0v) is 12.1. The van der Waals surface area contributed by atoms with Crippen LogP contribution in [0.1, 0.15) is 70.5 Å². The predicted octanol–water partition coefficient (Wildman–Crippen LogP) is 4.98. The third-order valence-electron chi connectivity index (χ3n) is 3.23. The van der Waals surface area contributed by atoms with Crippen LogP contribution in [0.3, 0.4) is 0 Å². The highest BCUT2D eigenvalue weighted by atomic mass is 35.5. The summed E-state index contributed by atoms with van der Waals surface area (Å²) in [6, 6.07) is 0. The van der Waals surface area contributed by atoms with Crippen LogP contribution in [0.25, 0.3) is 0 Å². The summed E-state index contributed by atoms with van der Waals surface area (Å²) in [4.78, 5) is 0. The molecular weight excluding hydrogens is 248 g/mol. The van der Waals surface area contributed by atoms with Gasteiger partial charge in [-0.2, -0.15) is 0 Å². The van der Waals surface area contributed by atoms with Gasteiger partial charge >= 0.3 is 0 Å². The lowest BCUT2D eigenvalue weighted by molar-refractivity contribution is 0.381. The standard InChI is InChI=1S/C14H25ClN2O/c1-2-3-4-5-6-7-8-9-10-11-12-13(15)14(16)17-18-12/h2-11H2,1H3,(H2,16,17). The molecule has 104 valence electrons. The Morgan fingerprint density at radius 1 is 1.00 bits per heavy atom. The molecule has 0 aliphatic carbocycles. The fourth-order valence-corrected chi connectivity index (χ4v) is 2.24. The molecule has 0 atom stereocenters. The van der Waals surface area contributed by atoms with Gasteiger partial charge < -0.3 is 10.3 Å². The average molecular weight is 273 g/mol. The molecule has 0 bridgehead atoms. The number of nitrogens with zero attached hydrogens (tertiary/aromatic N) is 1. The lowest BCUT2D eigenvalue weighted by Gasteiger charge is -2.01. The molecule has 0 aromatic carbocycles. The predicted molar refractivity (Wildman–Crippen MR) is 76.9 cm³/mol. The van der Waals surface area contributed by atoms with Crippen LogP contribution < -0.4 is 5.73 Å². The third-order valence-corrected chi connectivity index (χ3v) is 3.64. The van der Waals surface area contributed by atoms with Gasteiger partial charge in [-0.15, -0.1) is 0 Å². The number of aryl methyl sites for hydroxylation is 1. The zero-order valence-electron chi connectivity index (χ0n) is 11.4. The van der Waals surface area contributed by atoms with Gasteiger partial charge in [-0.05, 0) is 6.42 Å². The van der Waals surface area contributed by atoms with Crippen molar-refractivity contribution in [1.29, 1.82) is 0 Å². The number of nitrogen functional groups attached to an aromatic ring is 1. The number of hydrogen-bond donors (Lipinski definition) is 1. The summed E-state index contributed by atoms with van der Waals surface area (Å²) >= 11 is 5.94. The van der Waals surface area contributed by atoms with E-state index in [0.717, 1.165) is 18.6 Å². The maximum atomic E-state index is 5.94. The Morgan fingerprint density at radius 3 is 2.06 bits per heavy atom. The lowest BCUT2D eigenvalue weighted by Crippen LogP contribution is -1.87. The first-order valence-corrected chi connectivity index (χ1v) is 7.53. The minimum atomic E-state index is 0.308. The molecule has 0 fully saturated rings. The molecule has 2 N–H and O–H groups in total. The van der Waals surface area contributed by atoms with Crippen molar-refractivity contribution in [3.05, 3.63) is 10.8 Å². The van der Waals surface area contributed by atoms with Gasteiger partial charge in [0.2, 0.25) is 0 Å². The molecule has 1 aromatic rings. The highest BCUT2D eigenvalue weighted by Crippen LogP contribution is 2.24. The first-order valence-electron chi connectivity index (χ1n) is 7.15. The quantitative estimate of drug-likeness (QED) is 0.611. The van der Waals surface area contributed by atoms with E-state index in [1.165, 1.54) is 51.4 Å². The maximum absolute atomic E-state index is 5.94. The van der Waals surface area contributed by atoms with Crippen LogP contribution in [0, 0.1) is 0 Å². The highest BCUT2D eigenvalue weighted by molar-refractivity contribution is 6.33. The van der Waals surface area contributed by atoms with E-state index in [1.54, 1.807) is 0 Å². The Labute approximate surface area is 115 Å². The van der Waals surface area contributed by atoms with E-state index in [1.807, 2.05) is 0 Å². The summed E-state index contributed by atoms with van der Waals surface area (Å²) in [5.41, 5.74) is 5.51. The zero-order chi connectivity index (χ0) is 13.2.